The molecule has 0 bridgehead atoms. The molecule has 0 atom stereocenters. The van der Waals surface area contributed by atoms with Gasteiger partial charge in [0, 0.05) is 6.42 Å². The minimum absolute atomic E-state index is 0.334. The van der Waals surface area contributed by atoms with Crippen molar-refractivity contribution in [1.29, 1.82) is 0 Å². The zero-order valence-electron chi connectivity index (χ0n) is 20.7. The topological polar surface area (TPSA) is 0 Å². The molecule has 1 aromatic rings. The molecular weight excluding hydrogens is 469 g/mol. The normalized spacial score (nSPS) is 26.6. The second kappa shape index (κ2) is 11.9. The van der Waals surface area contributed by atoms with E-state index in [-0.39, 0.29) is 0 Å². The van der Waals surface area contributed by atoms with Crippen molar-refractivity contribution < 1.29 is 30.7 Å². The van der Waals surface area contributed by atoms with Crippen LogP contribution < -0.4 is 0 Å². The average Bonchev–Trinajstić information content (AvgIpc) is 2.82. The highest BCUT2D eigenvalue weighted by atomic mass is 19.4. The van der Waals surface area contributed by atoms with Gasteiger partial charge in [0.1, 0.15) is 0 Å². The zero-order chi connectivity index (χ0) is 25.7. The Morgan fingerprint density at radius 1 is 0.629 bits per heavy atom. The molecule has 1 aromatic carbocycles. The fourth-order valence-electron chi connectivity index (χ4n) is 6.21. The van der Waals surface area contributed by atoms with Gasteiger partial charge in [-0.3, -0.25) is 0 Å². The molecule has 200 valence electrons. The SMILES string of the molecule is CCC[C@H]1CC[C@H](C2CCC(CCc3ccc(CCC(F)(F)C(F)(F)C(F)(F)F)cc3)CC2)CC1. The van der Waals surface area contributed by atoms with E-state index in [4.69, 9.17) is 0 Å². The summed E-state index contributed by atoms with van der Waals surface area (Å²) >= 11 is 0. The van der Waals surface area contributed by atoms with Gasteiger partial charge < -0.3 is 0 Å². The van der Waals surface area contributed by atoms with Crippen LogP contribution >= 0.6 is 0 Å². The van der Waals surface area contributed by atoms with Crippen LogP contribution in [-0.2, 0) is 12.8 Å². The van der Waals surface area contributed by atoms with Gasteiger partial charge in [0.15, 0.2) is 0 Å². The fraction of sp³-hybridized carbons (Fsp3) is 0.786. The van der Waals surface area contributed by atoms with Gasteiger partial charge >= 0.3 is 18.0 Å². The first kappa shape index (κ1) is 28.3. The summed E-state index contributed by atoms with van der Waals surface area (Å²) in [5.74, 6) is -7.77. The van der Waals surface area contributed by atoms with Crippen LogP contribution in [0, 0.1) is 23.7 Å². The standard InChI is InChI=1S/C28H39F7/c1-2-3-20-10-14-24(15-11-20)25-16-12-22(13-17-25)5-4-21-6-8-23(9-7-21)18-19-26(29,30)27(31,32)28(33,34)35/h6-9,20,22,24-25H,2-5,10-19H2,1H3/t20-,22?,24-,25?. The van der Waals surface area contributed by atoms with Gasteiger partial charge in [-0.25, -0.2) is 0 Å². The van der Waals surface area contributed by atoms with Crippen LogP contribution in [0.1, 0.15) is 95.1 Å². The third-order valence-electron chi connectivity index (χ3n) is 8.55. The Balaban J connectivity index is 1.38. The lowest BCUT2D eigenvalue weighted by atomic mass is 9.68. The Labute approximate surface area is 205 Å². The molecule has 7 heteroatoms. The minimum Gasteiger partial charge on any atom is -0.199 e. The fourth-order valence-corrected chi connectivity index (χ4v) is 6.21. The zero-order valence-corrected chi connectivity index (χ0v) is 20.7. The molecule has 0 aromatic heterocycles. The van der Waals surface area contributed by atoms with Crippen molar-refractivity contribution >= 4 is 0 Å². The maximum atomic E-state index is 13.5. The summed E-state index contributed by atoms with van der Waals surface area (Å²) in [6, 6.07) is 6.66. The molecule has 0 aliphatic heterocycles. The van der Waals surface area contributed by atoms with Crippen LogP contribution in [0.25, 0.3) is 0 Å². The van der Waals surface area contributed by atoms with Gasteiger partial charge in [-0.05, 0) is 79.7 Å². The molecule has 35 heavy (non-hydrogen) atoms. The van der Waals surface area contributed by atoms with Crippen molar-refractivity contribution in [2.45, 2.75) is 115 Å². The molecule has 2 saturated carbocycles. The highest BCUT2D eigenvalue weighted by molar-refractivity contribution is 5.23. The molecule has 0 amide bonds. The maximum Gasteiger partial charge on any atom is 0.459 e. The molecule has 0 saturated heterocycles. The second-order valence-corrected chi connectivity index (χ2v) is 11.0. The third-order valence-corrected chi connectivity index (χ3v) is 8.55. The smallest absolute Gasteiger partial charge is 0.199 e. The van der Waals surface area contributed by atoms with Crippen molar-refractivity contribution in [2.24, 2.45) is 23.7 Å². The maximum absolute atomic E-state index is 13.5. The van der Waals surface area contributed by atoms with Crippen LogP contribution in [0.15, 0.2) is 24.3 Å². The van der Waals surface area contributed by atoms with Crippen LogP contribution in [-0.4, -0.2) is 18.0 Å². The largest absolute Gasteiger partial charge is 0.459 e. The molecule has 3 rings (SSSR count). The summed E-state index contributed by atoms with van der Waals surface area (Å²) in [7, 11) is 0. The lowest BCUT2D eigenvalue weighted by molar-refractivity contribution is -0.355. The van der Waals surface area contributed by atoms with Crippen molar-refractivity contribution in [1.82, 2.24) is 0 Å². The minimum atomic E-state index is -6.27. The Bertz CT molecular complexity index is 753. The molecule has 0 unspecified atom stereocenters. The monoisotopic (exact) mass is 508 g/mol. The van der Waals surface area contributed by atoms with E-state index in [2.05, 4.69) is 6.92 Å². The van der Waals surface area contributed by atoms with E-state index in [1.165, 1.54) is 64.2 Å². The summed E-state index contributed by atoms with van der Waals surface area (Å²) in [5, 5.41) is 0. The highest BCUT2D eigenvalue weighted by Crippen LogP contribution is 2.48. The van der Waals surface area contributed by atoms with Gasteiger partial charge in [0.25, 0.3) is 0 Å². The van der Waals surface area contributed by atoms with Crippen LogP contribution in [0.3, 0.4) is 0 Å². The Hall–Kier alpha value is -1.27. The molecule has 0 heterocycles. The first-order valence-electron chi connectivity index (χ1n) is 13.3. The Morgan fingerprint density at radius 2 is 1.06 bits per heavy atom. The first-order valence-corrected chi connectivity index (χ1v) is 13.3. The number of halogens is 7. The van der Waals surface area contributed by atoms with E-state index in [1.54, 1.807) is 24.3 Å². The molecule has 0 spiro atoms. The number of hydrogen-bond donors (Lipinski definition) is 0. The second-order valence-electron chi connectivity index (χ2n) is 11.0. The van der Waals surface area contributed by atoms with Crippen LogP contribution in [0.4, 0.5) is 30.7 Å². The summed E-state index contributed by atoms with van der Waals surface area (Å²) in [4.78, 5) is 0. The van der Waals surface area contributed by atoms with E-state index < -0.39 is 30.9 Å². The molecule has 0 radical (unpaired) electrons. The van der Waals surface area contributed by atoms with Crippen LogP contribution in [0.2, 0.25) is 0 Å². The average molecular weight is 509 g/mol. The predicted molar refractivity (Wildman–Crippen MR) is 125 cm³/mol. The molecule has 2 aliphatic carbocycles. The van der Waals surface area contributed by atoms with Gasteiger partial charge in [-0.15, -0.1) is 0 Å². The van der Waals surface area contributed by atoms with Crippen molar-refractivity contribution in [3.05, 3.63) is 35.4 Å². The van der Waals surface area contributed by atoms with E-state index in [0.29, 0.717) is 11.5 Å². The summed E-state index contributed by atoms with van der Waals surface area (Å²) < 4.78 is 89.9. The highest BCUT2D eigenvalue weighted by Gasteiger charge is 2.72. The molecule has 2 aliphatic rings. The molecule has 2 fully saturated rings. The first-order chi connectivity index (χ1) is 16.4. The summed E-state index contributed by atoms with van der Waals surface area (Å²) in [6.07, 6.45) is 6.94. The van der Waals surface area contributed by atoms with Crippen LogP contribution in [0.5, 0.6) is 0 Å². The quantitative estimate of drug-likeness (QED) is 0.276. The van der Waals surface area contributed by atoms with Gasteiger partial charge in [0.05, 0.1) is 0 Å². The van der Waals surface area contributed by atoms with Crippen molar-refractivity contribution in [3.8, 4) is 0 Å². The number of hydrogen-bond acceptors (Lipinski definition) is 0. The van der Waals surface area contributed by atoms with E-state index in [1.807, 2.05) is 0 Å². The lowest BCUT2D eigenvalue weighted by Crippen LogP contribution is -2.52. The van der Waals surface area contributed by atoms with Gasteiger partial charge in [-0.1, -0.05) is 69.7 Å². The molecule has 0 nitrogen and oxygen atoms in total. The lowest BCUT2D eigenvalue weighted by Gasteiger charge is -2.38. The molecular formula is C28H39F7. The summed E-state index contributed by atoms with van der Waals surface area (Å²) in [6.45, 7) is 2.27. The third kappa shape index (κ3) is 7.38. The van der Waals surface area contributed by atoms with Gasteiger partial charge in [0.2, 0.25) is 0 Å². The van der Waals surface area contributed by atoms with E-state index in [9.17, 15) is 30.7 Å². The van der Waals surface area contributed by atoms with Crippen molar-refractivity contribution in [2.75, 3.05) is 0 Å². The number of aryl methyl sites for hydroxylation is 2. The number of rotatable bonds is 10. The van der Waals surface area contributed by atoms with E-state index in [0.717, 1.165) is 36.2 Å². The van der Waals surface area contributed by atoms with Gasteiger partial charge in [-0.2, -0.15) is 30.7 Å². The molecule has 0 N–H and O–H groups in total. The number of benzene rings is 1. The Morgan fingerprint density at radius 3 is 1.49 bits per heavy atom. The predicted octanol–water partition coefficient (Wildman–Crippen LogP) is 9.80. The number of alkyl halides is 7. The van der Waals surface area contributed by atoms with E-state index >= 15 is 0 Å². The van der Waals surface area contributed by atoms with Crippen molar-refractivity contribution in [3.63, 3.8) is 0 Å². The Kier molecular flexibility index (Phi) is 9.58. The summed E-state index contributed by atoms with van der Waals surface area (Å²) in [5.41, 5.74) is 1.37.